The van der Waals surface area contributed by atoms with Crippen LogP contribution >= 0.6 is 0 Å². The van der Waals surface area contributed by atoms with Crippen LogP contribution in [0.25, 0.3) is 16.7 Å². The molecule has 0 saturated carbocycles. The quantitative estimate of drug-likeness (QED) is 0.435. The van der Waals surface area contributed by atoms with Gasteiger partial charge in [-0.1, -0.05) is 43.0 Å². The first-order chi connectivity index (χ1) is 13.5. The van der Waals surface area contributed by atoms with E-state index in [2.05, 4.69) is 26.5 Å². The van der Waals surface area contributed by atoms with Gasteiger partial charge in [0.2, 0.25) is 0 Å². The van der Waals surface area contributed by atoms with Gasteiger partial charge < -0.3 is 15.8 Å². The zero-order valence-electron chi connectivity index (χ0n) is 16.0. The molecule has 1 atom stereocenters. The highest BCUT2D eigenvalue weighted by molar-refractivity contribution is 6.39. The standard InChI is InChI=1S/C21H24N6O/c1-14(20-25-17-6-4-5-7-18(17)26-20)24-19(12-23-13-22)15-8-10-16(11-9-15)21(28)27(2)3/h4-12,21,28H,1,13,22H2,2-3H3,(H,25,26)/b23-12-,24-19+. The van der Waals surface area contributed by atoms with Crippen molar-refractivity contribution < 1.29 is 5.11 Å². The molecule has 1 heterocycles. The van der Waals surface area contributed by atoms with Crippen molar-refractivity contribution in [1.29, 1.82) is 0 Å². The average molecular weight is 376 g/mol. The van der Waals surface area contributed by atoms with Crippen LogP contribution in [0.15, 0.2) is 65.1 Å². The molecule has 0 fully saturated rings. The summed E-state index contributed by atoms with van der Waals surface area (Å²) in [4.78, 5) is 18.2. The lowest BCUT2D eigenvalue weighted by atomic mass is 10.1. The van der Waals surface area contributed by atoms with E-state index >= 15 is 0 Å². The minimum Gasteiger partial charge on any atom is -0.374 e. The molecule has 1 aromatic heterocycles. The number of H-pyrrole nitrogens is 1. The minimum atomic E-state index is -0.669. The number of aliphatic imine (C=N–C) groups is 2. The Morgan fingerprint density at radius 3 is 2.61 bits per heavy atom. The van der Waals surface area contributed by atoms with Gasteiger partial charge in [-0.3, -0.25) is 9.89 Å². The van der Waals surface area contributed by atoms with Crippen LogP contribution in [-0.2, 0) is 0 Å². The van der Waals surface area contributed by atoms with Crippen molar-refractivity contribution in [3.05, 3.63) is 72.1 Å². The third-order valence-corrected chi connectivity index (χ3v) is 4.23. The van der Waals surface area contributed by atoms with Crippen LogP contribution in [0.4, 0.5) is 0 Å². The summed E-state index contributed by atoms with van der Waals surface area (Å²) in [5, 5.41) is 10.2. The molecular formula is C21H24N6O. The molecule has 7 nitrogen and oxygen atoms in total. The molecule has 0 saturated heterocycles. The van der Waals surface area contributed by atoms with Crippen molar-refractivity contribution in [2.24, 2.45) is 15.7 Å². The van der Waals surface area contributed by atoms with Crippen LogP contribution in [-0.4, -0.2) is 52.7 Å². The molecule has 3 aromatic rings. The third kappa shape index (κ3) is 4.40. The zero-order valence-corrected chi connectivity index (χ0v) is 16.0. The van der Waals surface area contributed by atoms with Crippen LogP contribution in [0.1, 0.15) is 23.2 Å². The second-order valence-electron chi connectivity index (χ2n) is 6.50. The van der Waals surface area contributed by atoms with E-state index in [1.54, 1.807) is 11.1 Å². The van der Waals surface area contributed by atoms with Crippen molar-refractivity contribution >= 4 is 28.7 Å². The highest BCUT2D eigenvalue weighted by Gasteiger charge is 2.11. The van der Waals surface area contributed by atoms with E-state index in [-0.39, 0.29) is 6.67 Å². The van der Waals surface area contributed by atoms with Crippen LogP contribution in [0.3, 0.4) is 0 Å². The summed E-state index contributed by atoms with van der Waals surface area (Å²) >= 11 is 0. The topological polar surface area (TPSA) is 103 Å². The molecule has 1 unspecified atom stereocenters. The van der Waals surface area contributed by atoms with E-state index in [0.29, 0.717) is 17.2 Å². The van der Waals surface area contributed by atoms with E-state index in [1.165, 1.54) is 0 Å². The normalized spacial score (nSPS) is 13.5. The lowest BCUT2D eigenvalue weighted by Gasteiger charge is -2.18. The molecule has 0 spiro atoms. The van der Waals surface area contributed by atoms with Gasteiger partial charge >= 0.3 is 0 Å². The summed E-state index contributed by atoms with van der Waals surface area (Å²) in [5.41, 5.74) is 10.0. The molecule has 0 aliphatic carbocycles. The highest BCUT2D eigenvalue weighted by atomic mass is 16.3. The summed E-state index contributed by atoms with van der Waals surface area (Å²) in [6, 6.07) is 15.2. The number of aromatic amines is 1. The summed E-state index contributed by atoms with van der Waals surface area (Å²) in [6.45, 7) is 4.20. The van der Waals surface area contributed by atoms with Gasteiger partial charge in [-0.15, -0.1) is 0 Å². The lowest BCUT2D eigenvalue weighted by molar-refractivity contribution is 0.0395. The van der Waals surface area contributed by atoms with Gasteiger partial charge in [0, 0.05) is 11.8 Å². The first kappa shape index (κ1) is 19.6. The summed E-state index contributed by atoms with van der Waals surface area (Å²) in [6.07, 6.45) is 0.947. The van der Waals surface area contributed by atoms with Gasteiger partial charge in [0.25, 0.3) is 0 Å². The largest absolute Gasteiger partial charge is 0.374 e. The zero-order chi connectivity index (χ0) is 20.1. The number of imidazole rings is 1. The fourth-order valence-corrected chi connectivity index (χ4v) is 2.72. The number of rotatable bonds is 7. The van der Waals surface area contributed by atoms with Gasteiger partial charge in [0.1, 0.15) is 6.23 Å². The van der Waals surface area contributed by atoms with E-state index in [9.17, 15) is 5.11 Å². The lowest BCUT2D eigenvalue weighted by Crippen LogP contribution is -2.19. The summed E-state index contributed by atoms with van der Waals surface area (Å²) in [5.74, 6) is 0.597. The molecule has 7 heteroatoms. The number of benzene rings is 2. The van der Waals surface area contributed by atoms with Crippen molar-refractivity contribution in [3.8, 4) is 0 Å². The second-order valence-corrected chi connectivity index (χ2v) is 6.50. The Bertz CT molecular complexity index is 984. The predicted octanol–water partition coefficient (Wildman–Crippen LogP) is 2.56. The molecule has 28 heavy (non-hydrogen) atoms. The van der Waals surface area contributed by atoms with Gasteiger partial charge in [-0.25, -0.2) is 9.98 Å². The molecule has 144 valence electrons. The van der Waals surface area contributed by atoms with Crippen molar-refractivity contribution in [2.45, 2.75) is 6.23 Å². The Morgan fingerprint density at radius 1 is 1.25 bits per heavy atom. The third-order valence-electron chi connectivity index (χ3n) is 4.23. The number of aliphatic hydroxyl groups excluding tert-OH is 1. The van der Waals surface area contributed by atoms with Crippen molar-refractivity contribution in [2.75, 3.05) is 20.8 Å². The first-order valence-electron chi connectivity index (χ1n) is 8.87. The molecular weight excluding hydrogens is 352 g/mol. The molecule has 0 radical (unpaired) electrons. The maximum atomic E-state index is 10.2. The number of hydrogen-bond acceptors (Lipinski definition) is 6. The van der Waals surface area contributed by atoms with Crippen LogP contribution < -0.4 is 5.73 Å². The fourth-order valence-electron chi connectivity index (χ4n) is 2.72. The van der Waals surface area contributed by atoms with Gasteiger partial charge in [-0.05, 0) is 31.8 Å². The number of nitrogens with two attached hydrogens (primary N) is 1. The number of hydrogen-bond donors (Lipinski definition) is 3. The Morgan fingerprint density at radius 2 is 1.96 bits per heavy atom. The van der Waals surface area contributed by atoms with Crippen LogP contribution in [0.2, 0.25) is 0 Å². The maximum Gasteiger partial charge on any atom is 0.156 e. The number of fused-ring (bicyclic) bond motifs is 1. The number of nitrogens with one attached hydrogen (secondary N) is 1. The van der Waals surface area contributed by atoms with E-state index < -0.39 is 6.23 Å². The molecule has 0 aliphatic rings. The molecule has 2 aromatic carbocycles. The summed E-state index contributed by atoms with van der Waals surface area (Å²) in [7, 11) is 3.63. The number of para-hydroxylation sites is 2. The van der Waals surface area contributed by atoms with Crippen LogP contribution in [0.5, 0.6) is 0 Å². The SMILES string of the molecule is C=C(/N=C(\C=N/CN)c1ccc(C(O)N(C)C)cc1)c1nc2ccccc2[nH]1. The Kier molecular flexibility index (Phi) is 6.10. The molecule has 0 amide bonds. The number of nitrogens with zero attached hydrogens (tertiary/aromatic N) is 4. The molecule has 4 N–H and O–H groups in total. The second kappa shape index (κ2) is 8.71. The average Bonchev–Trinajstić information content (AvgIpc) is 3.15. The van der Waals surface area contributed by atoms with E-state index in [4.69, 9.17) is 5.73 Å². The summed E-state index contributed by atoms with van der Waals surface area (Å²) < 4.78 is 0. The molecule has 0 bridgehead atoms. The van der Waals surface area contributed by atoms with Gasteiger partial charge in [0.05, 0.1) is 29.1 Å². The fraction of sp³-hybridized carbons (Fsp3) is 0.190. The van der Waals surface area contributed by atoms with Crippen LogP contribution in [0, 0.1) is 0 Å². The van der Waals surface area contributed by atoms with E-state index in [0.717, 1.165) is 22.2 Å². The number of aromatic nitrogens is 2. The predicted molar refractivity (Wildman–Crippen MR) is 114 cm³/mol. The highest BCUT2D eigenvalue weighted by Crippen LogP contribution is 2.19. The van der Waals surface area contributed by atoms with Gasteiger partial charge in [0.15, 0.2) is 5.82 Å². The van der Waals surface area contributed by atoms with E-state index in [1.807, 2.05) is 62.6 Å². The monoisotopic (exact) mass is 376 g/mol. The molecule has 0 aliphatic heterocycles. The van der Waals surface area contributed by atoms with Gasteiger partial charge in [-0.2, -0.15) is 0 Å². The van der Waals surface area contributed by atoms with Crippen molar-refractivity contribution in [1.82, 2.24) is 14.9 Å². The minimum absolute atomic E-state index is 0.160. The Balaban J connectivity index is 1.92. The number of aliphatic hydroxyl groups is 1. The Labute approximate surface area is 164 Å². The maximum absolute atomic E-state index is 10.2. The Hall–Kier alpha value is -3.13. The smallest absolute Gasteiger partial charge is 0.156 e. The molecule has 3 rings (SSSR count). The van der Waals surface area contributed by atoms with Crippen molar-refractivity contribution in [3.63, 3.8) is 0 Å². The first-order valence-corrected chi connectivity index (χ1v) is 8.87.